The lowest BCUT2D eigenvalue weighted by Crippen LogP contribution is -2.14. The highest BCUT2D eigenvalue weighted by atomic mass is 19.1. The fraction of sp³-hybridized carbons (Fsp3) is 0.125. The van der Waals surface area contributed by atoms with Crippen molar-refractivity contribution >= 4 is 23.1 Å². The zero-order valence-electron chi connectivity index (χ0n) is 18.9. The van der Waals surface area contributed by atoms with Gasteiger partial charge in [0.25, 0.3) is 5.91 Å². The third-order valence-electron chi connectivity index (χ3n) is 5.51. The predicted molar refractivity (Wildman–Crippen MR) is 128 cm³/mol. The quantitative estimate of drug-likeness (QED) is 0.388. The molecular weight excluding hydrogens is 451 g/mol. The SMILES string of the molecule is COc1ncc(-c2cc(C)c3c(N)ncnn23)cc1C(=O)Nc1cn(Cc2ccc(F)cc2)cn1. The fourth-order valence-corrected chi connectivity index (χ4v) is 3.87. The summed E-state index contributed by atoms with van der Waals surface area (Å²) in [5.74, 6) is 0.156. The van der Waals surface area contributed by atoms with Crippen LogP contribution < -0.4 is 15.8 Å². The highest BCUT2D eigenvalue weighted by Crippen LogP contribution is 2.29. The number of aromatic nitrogens is 6. The number of nitrogen functional groups attached to an aromatic ring is 1. The highest BCUT2D eigenvalue weighted by Gasteiger charge is 2.19. The van der Waals surface area contributed by atoms with Crippen LogP contribution in [0.1, 0.15) is 21.5 Å². The van der Waals surface area contributed by atoms with Crippen molar-refractivity contribution in [2.24, 2.45) is 0 Å². The van der Waals surface area contributed by atoms with Gasteiger partial charge in [0.15, 0.2) is 11.6 Å². The fourth-order valence-electron chi connectivity index (χ4n) is 3.87. The van der Waals surface area contributed by atoms with Crippen molar-refractivity contribution in [3.05, 3.63) is 84.0 Å². The molecule has 1 aromatic carbocycles. The van der Waals surface area contributed by atoms with Crippen molar-refractivity contribution in [3.63, 3.8) is 0 Å². The minimum atomic E-state index is -0.435. The summed E-state index contributed by atoms with van der Waals surface area (Å²) in [6, 6.07) is 9.77. The number of aryl methyl sites for hydroxylation is 1. The Bertz CT molecular complexity index is 1540. The molecule has 0 unspecified atom stereocenters. The van der Waals surface area contributed by atoms with Crippen LogP contribution in [0.4, 0.5) is 16.0 Å². The zero-order valence-corrected chi connectivity index (χ0v) is 18.9. The number of ether oxygens (including phenoxy) is 1. The topological polar surface area (TPSA) is 125 Å². The van der Waals surface area contributed by atoms with Gasteiger partial charge in [-0.1, -0.05) is 12.1 Å². The number of rotatable bonds is 6. The Morgan fingerprint density at radius 2 is 1.97 bits per heavy atom. The number of hydrogen-bond donors (Lipinski definition) is 2. The average Bonchev–Trinajstić information content (AvgIpc) is 3.44. The van der Waals surface area contributed by atoms with Gasteiger partial charge in [0.05, 0.1) is 19.1 Å². The normalized spacial score (nSPS) is 11.1. The molecule has 3 N–H and O–H groups in total. The molecule has 0 saturated carbocycles. The summed E-state index contributed by atoms with van der Waals surface area (Å²) in [5.41, 5.74) is 10.1. The van der Waals surface area contributed by atoms with Crippen molar-refractivity contribution in [3.8, 4) is 17.1 Å². The summed E-state index contributed by atoms with van der Waals surface area (Å²) in [7, 11) is 1.45. The number of amides is 1. The van der Waals surface area contributed by atoms with E-state index in [1.807, 2.05) is 13.0 Å². The van der Waals surface area contributed by atoms with Crippen LogP contribution in [0.25, 0.3) is 16.8 Å². The Kier molecular flexibility index (Phi) is 5.57. The van der Waals surface area contributed by atoms with Gasteiger partial charge in [-0.05, 0) is 42.3 Å². The molecule has 4 aromatic heterocycles. The summed E-state index contributed by atoms with van der Waals surface area (Å²) in [6.07, 6.45) is 6.25. The Morgan fingerprint density at radius 1 is 1.17 bits per heavy atom. The second-order valence-electron chi connectivity index (χ2n) is 7.91. The number of carbonyl (C=O) groups is 1. The number of imidazole rings is 1. The van der Waals surface area contributed by atoms with E-state index in [4.69, 9.17) is 10.5 Å². The van der Waals surface area contributed by atoms with E-state index in [1.54, 1.807) is 46.0 Å². The summed E-state index contributed by atoms with van der Waals surface area (Å²) >= 11 is 0. The number of fused-ring (bicyclic) bond motifs is 1. The molecule has 0 aliphatic rings. The standard InChI is InChI=1S/C24H21FN8O2/c1-14-7-19(33-21(14)22(26)28-12-30-33)16-8-18(24(35-2)27-9-16)23(34)31-20-11-32(13-29-20)10-15-3-5-17(25)6-4-15/h3-9,11-13H,10H2,1-2H3,(H,31,34)(H2,26,28,30). The Labute approximate surface area is 199 Å². The first-order valence-electron chi connectivity index (χ1n) is 10.6. The molecule has 5 aromatic rings. The smallest absolute Gasteiger partial charge is 0.262 e. The van der Waals surface area contributed by atoms with Crippen LogP contribution in [-0.2, 0) is 6.54 Å². The third-order valence-corrected chi connectivity index (χ3v) is 5.51. The second-order valence-corrected chi connectivity index (χ2v) is 7.91. The van der Waals surface area contributed by atoms with Crippen LogP contribution in [-0.4, -0.2) is 42.2 Å². The molecule has 11 heteroatoms. The van der Waals surface area contributed by atoms with E-state index < -0.39 is 5.91 Å². The lowest BCUT2D eigenvalue weighted by molar-refractivity contribution is 0.102. The average molecular weight is 472 g/mol. The molecule has 10 nitrogen and oxygen atoms in total. The van der Waals surface area contributed by atoms with Crippen LogP contribution >= 0.6 is 0 Å². The maximum absolute atomic E-state index is 13.1. The number of carbonyl (C=O) groups excluding carboxylic acids is 1. The molecule has 1 amide bonds. The monoisotopic (exact) mass is 472 g/mol. The number of benzene rings is 1. The van der Waals surface area contributed by atoms with Gasteiger partial charge in [-0.2, -0.15) is 5.10 Å². The summed E-state index contributed by atoms with van der Waals surface area (Å²) < 4.78 is 21.9. The van der Waals surface area contributed by atoms with Gasteiger partial charge in [0.2, 0.25) is 5.88 Å². The van der Waals surface area contributed by atoms with E-state index in [2.05, 4.69) is 25.4 Å². The molecule has 35 heavy (non-hydrogen) atoms. The maximum Gasteiger partial charge on any atom is 0.262 e. The lowest BCUT2D eigenvalue weighted by atomic mass is 10.1. The van der Waals surface area contributed by atoms with Crippen LogP contribution in [0.15, 0.2) is 61.4 Å². The van der Waals surface area contributed by atoms with Gasteiger partial charge >= 0.3 is 0 Å². The summed E-state index contributed by atoms with van der Waals surface area (Å²) in [4.78, 5) is 25.7. The zero-order chi connectivity index (χ0) is 24.5. The van der Waals surface area contributed by atoms with Crippen molar-refractivity contribution in [2.75, 3.05) is 18.2 Å². The van der Waals surface area contributed by atoms with Gasteiger partial charge in [0.1, 0.15) is 23.2 Å². The van der Waals surface area contributed by atoms with E-state index in [-0.39, 0.29) is 17.3 Å². The maximum atomic E-state index is 13.1. The first kappa shape index (κ1) is 22.0. The molecular formula is C24H21FN8O2. The minimum absolute atomic E-state index is 0.170. The van der Waals surface area contributed by atoms with E-state index in [1.165, 1.54) is 25.6 Å². The van der Waals surface area contributed by atoms with Crippen LogP contribution in [0.3, 0.4) is 0 Å². The van der Waals surface area contributed by atoms with E-state index >= 15 is 0 Å². The number of methoxy groups -OCH3 is 1. The number of hydrogen-bond acceptors (Lipinski definition) is 7. The number of nitrogens with one attached hydrogen (secondary N) is 1. The van der Waals surface area contributed by atoms with Crippen molar-refractivity contribution in [1.29, 1.82) is 0 Å². The molecule has 0 atom stereocenters. The molecule has 176 valence electrons. The van der Waals surface area contributed by atoms with Gasteiger partial charge in [0, 0.05) is 24.5 Å². The molecule has 0 saturated heterocycles. The van der Waals surface area contributed by atoms with Crippen LogP contribution in [0.5, 0.6) is 5.88 Å². The van der Waals surface area contributed by atoms with Gasteiger partial charge in [-0.3, -0.25) is 4.79 Å². The minimum Gasteiger partial charge on any atom is -0.480 e. The molecule has 0 aliphatic heterocycles. The van der Waals surface area contributed by atoms with Gasteiger partial charge < -0.3 is 20.4 Å². The van der Waals surface area contributed by atoms with Crippen LogP contribution in [0, 0.1) is 12.7 Å². The van der Waals surface area contributed by atoms with Crippen LogP contribution in [0.2, 0.25) is 0 Å². The van der Waals surface area contributed by atoms with E-state index in [0.717, 1.165) is 11.1 Å². The molecule has 5 rings (SSSR count). The molecule has 0 aliphatic carbocycles. The largest absolute Gasteiger partial charge is 0.480 e. The summed E-state index contributed by atoms with van der Waals surface area (Å²) in [5, 5.41) is 7.07. The summed E-state index contributed by atoms with van der Waals surface area (Å²) in [6.45, 7) is 2.39. The lowest BCUT2D eigenvalue weighted by Gasteiger charge is -2.10. The molecule has 0 fully saturated rings. The molecule has 0 bridgehead atoms. The number of halogens is 1. The third kappa shape index (κ3) is 4.26. The van der Waals surface area contributed by atoms with Gasteiger partial charge in [-0.15, -0.1) is 0 Å². The van der Waals surface area contributed by atoms with Crippen molar-refractivity contribution in [1.82, 2.24) is 29.1 Å². The van der Waals surface area contributed by atoms with Gasteiger partial charge in [-0.25, -0.2) is 23.9 Å². The van der Waals surface area contributed by atoms with E-state index in [9.17, 15) is 9.18 Å². The molecule has 4 heterocycles. The Morgan fingerprint density at radius 3 is 2.74 bits per heavy atom. The number of anilines is 2. The van der Waals surface area contributed by atoms with Crippen molar-refractivity contribution < 1.29 is 13.9 Å². The second kappa shape index (κ2) is 8.86. The highest BCUT2D eigenvalue weighted by molar-refractivity contribution is 6.06. The first-order chi connectivity index (χ1) is 16.9. The number of pyridine rings is 1. The first-order valence-corrected chi connectivity index (χ1v) is 10.6. The Hall–Kier alpha value is -4.80. The number of nitrogens with zero attached hydrogens (tertiary/aromatic N) is 6. The molecule has 0 radical (unpaired) electrons. The van der Waals surface area contributed by atoms with Crippen molar-refractivity contribution in [2.45, 2.75) is 13.5 Å². The molecule has 0 spiro atoms. The Balaban J connectivity index is 1.42. The number of nitrogens with two attached hydrogens (primary N) is 1. The van der Waals surface area contributed by atoms with E-state index in [0.29, 0.717) is 35.0 Å². The predicted octanol–water partition coefficient (Wildman–Crippen LogP) is 3.33.